The third kappa shape index (κ3) is 3.63. The fourth-order valence-electron chi connectivity index (χ4n) is 4.17. The molecular formula is C21H25N5O5. The number of fused-ring (bicyclic) bond motifs is 1. The van der Waals surface area contributed by atoms with Crippen molar-refractivity contribution in [2.24, 2.45) is 14.1 Å². The molecule has 1 amide bonds. The number of aliphatic hydroxyl groups is 1. The number of β-amino-alcohol motifs (C(OH)–C–C–N with tert-alkyl or cyclic N) is 1. The largest absolute Gasteiger partial charge is 0.445 e. The Morgan fingerprint density at radius 1 is 1.23 bits per heavy atom. The number of imidazole rings is 1. The topological polar surface area (TPSA) is 112 Å². The number of aromatic nitrogens is 4. The molecule has 31 heavy (non-hydrogen) atoms. The Balaban J connectivity index is 1.56. The van der Waals surface area contributed by atoms with Gasteiger partial charge in [0.05, 0.1) is 18.9 Å². The summed E-state index contributed by atoms with van der Waals surface area (Å²) >= 11 is 0. The van der Waals surface area contributed by atoms with Gasteiger partial charge < -0.3 is 19.3 Å². The van der Waals surface area contributed by atoms with E-state index in [1.54, 1.807) is 18.5 Å². The van der Waals surface area contributed by atoms with Crippen molar-refractivity contribution in [2.75, 3.05) is 13.1 Å². The molecule has 0 radical (unpaired) electrons. The molecule has 10 heteroatoms. The van der Waals surface area contributed by atoms with Gasteiger partial charge in [0.2, 0.25) is 0 Å². The number of likely N-dealkylation sites (tertiary alicyclic amines) is 1. The lowest BCUT2D eigenvalue weighted by atomic mass is 9.89. The van der Waals surface area contributed by atoms with E-state index in [-0.39, 0.29) is 24.3 Å². The number of nitrogens with zero attached hydrogens (tertiary/aromatic N) is 5. The first-order chi connectivity index (χ1) is 14.7. The van der Waals surface area contributed by atoms with Crippen molar-refractivity contribution < 1.29 is 14.6 Å². The second-order valence-corrected chi connectivity index (χ2v) is 8.15. The minimum Gasteiger partial charge on any atom is -0.445 e. The number of ether oxygens (including phenoxy) is 1. The lowest BCUT2D eigenvalue weighted by molar-refractivity contribution is -0.0532. The summed E-state index contributed by atoms with van der Waals surface area (Å²) in [5.74, 6) is 0. The number of amides is 1. The maximum Gasteiger partial charge on any atom is 0.410 e. The average molecular weight is 427 g/mol. The summed E-state index contributed by atoms with van der Waals surface area (Å²) in [7, 11) is 2.95. The number of rotatable bonds is 3. The lowest BCUT2D eigenvalue weighted by Gasteiger charge is -2.42. The van der Waals surface area contributed by atoms with Crippen molar-refractivity contribution in [3.63, 3.8) is 0 Å². The van der Waals surface area contributed by atoms with E-state index in [9.17, 15) is 19.5 Å². The van der Waals surface area contributed by atoms with Crippen molar-refractivity contribution in [1.82, 2.24) is 23.6 Å². The maximum absolute atomic E-state index is 12.8. The number of aryl methyl sites for hydroxylation is 1. The van der Waals surface area contributed by atoms with Crippen molar-refractivity contribution in [2.45, 2.75) is 31.6 Å². The Bertz CT molecular complexity index is 1240. The van der Waals surface area contributed by atoms with Gasteiger partial charge in [0.1, 0.15) is 12.2 Å². The number of benzene rings is 1. The number of piperidine rings is 1. The Morgan fingerprint density at radius 2 is 1.94 bits per heavy atom. The molecule has 164 valence electrons. The standard InChI is InChI=1S/C21H25N5O5/c1-21(30)12-25(20(29)31-11-14-7-5-4-6-8-14)10-9-15(21)26-13-22-17-16(26)18(27)24(3)19(28)23(17)2/h4-8,13,15,30H,9-12H2,1-3H3/t15-,21-/m1/s1. The number of hydrogen-bond donors (Lipinski definition) is 1. The third-order valence-electron chi connectivity index (χ3n) is 5.87. The molecule has 4 rings (SSSR count). The molecule has 1 saturated heterocycles. The van der Waals surface area contributed by atoms with Gasteiger partial charge in [-0.25, -0.2) is 14.6 Å². The Kier molecular flexibility index (Phi) is 5.18. The van der Waals surface area contributed by atoms with E-state index in [0.29, 0.717) is 13.0 Å². The maximum atomic E-state index is 12.8. The SMILES string of the molecule is Cn1c(=O)c2c(ncn2[C@@H]2CCN(C(=O)OCc3ccccc3)C[C@@]2(C)O)n(C)c1=O. The molecule has 0 spiro atoms. The first-order valence-corrected chi connectivity index (χ1v) is 10.0. The zero-order valence-electron chi connectivity index (χ0n) is 17.7. The molecule has 1 aliphatic rings. The minimum atomic E-state index is -1.34. The number of hydrogen-bond acceptors (Lipinski definition) is 6. The van der Waals surface area contributed by atoms with Crippen LogP contribution in [0.2, 0.25) is 0 Å². The van der Waals surface area contributed by atoms with Gasteiger partial charge in [-0.2, -0.15) is 0 Å². The van der Waals surface area contributed by atoms with Gasteiger partial charge in [0, 0.05) is 20.6 Å². The highest BCUT2D eigenvalue weighted by atomic mass is 16.6. The van der Waals surface area contributed by atoms with Crippen molar-refractivity contribution >= 4 is 17.3 Å². The van der Waals surface area contributed by atoms with E-state index in [2.05, 4.69) is 4.98 Å². The molecule has 1 aliphatic heterocycles. The van der Waals surface area contributed by atoms with E-state index in [1.165, 1.54) is 22.8 Å². The Morgan fingerprint density at radius 3 is 2.61 bits per heavy atom. The van der Waals surface area contributed by atoms with Crippen LogP contribution in [0.1, 0.15) is 24.9 Å². The summed E-state index contributed by atoms with van der Waals surface area (Å²) in [4.78, 5) is 43.1. The first-order valence-electron chi connectivity index (χ1n) is 10.0. The molecule has 3 heterocycles. The van der Waals surface area contributed by atoms with E-state index in [0.717, 1.165) is 10.1 Å². The second kappa shape index (κ2) is 7.69. The summed E-state index contributed by atoms with van der Waals surface area (Å²) in [6.45, 7) is 2.15. The van der Waals surface area contributed by atoms with Crippen LogP contribution in [0.3, 0.4) is 0 Å². The molecule has 0 saturated carbocycles. The molecule has 1 N–H and O–H groups in total. The Hall–Kier alpha value is -3.40. The van der Waals surface area contributed by atoms with Crippen LogP contribution < -0.4 is 11.2 Å². The lowest BCUT2D eigenvalue weighted by Crippen LogP contribution is -2.54. The van der Waals surface area contributed by atoms with Crippen LogP contribution in [-0.4, -0.2) is 53.5 Å². The summed E-state index contributed by atoms with van der Waals surface area (Å²) in [5.41, 5.74) is -0.897. The monoisotopic (exact) mass is 427 g/mol. The van der Waals surface area contributed by atoms with Crippen molar-refractivity contribution in [1.29, 1.82) is 0 Å². The predicted octanol–water partition coefficient (Wildman–Crippen LogP) is 0.768. The van der Waals surface area contributed by atoms with Gasteiger partial charge >= 0.3 is 11.8 Å². The molecule has 1 aromatic carbocycles. The highest BCUT2D eigenvalue weighted by Gasteiger charge is 2.42. The molecule has 0 aliphatic carbocycles. The van der Waals surface area contributed by atoms with Gasteiger partial charge in [-0.15, -0.1) is 0 Å². The predicted molar refractivity (Wildman–Crippen MR) is 113 cm³/mol. The average Bonchev–Trinajstić information content (AvgIpc) is 3.19. The zero-order chi connectivity index (χ0) is 22.3. The van der Waals surface area contributed by atoms with E-state index in [1.807, 2.05) is 30.3 Å². The van der Waals surface area contributed by atoms with Gasteiger partial charge in [0.15, 0.2) is 11.2 Å². The van der Waals surface area contributed by atoms with Crippen molar-refractivity contribution in [3.05, 3.63) is 63.1 Å². The Labute approximate surface area is 177 Å². The number of carbonyl (C=O) groups excluding carboxylic acids is 1. The second-order valence-electron chi connectivity index (χ2n) is 8.15. The van der Waals surface area contributed by atoms with Gasteiger partial charge in [-0.3, -0.25) is 13.9 Å². The van der Waals surface area contributed by atoms with Crippen LogP contribution in [0.25, 0.3) is 11.2 Å². The fraction of sp³-hybridized carbons (Fsp3) is 0.429. The van der Waals surface area contributed by atoms with Gasteiger partial charge in [0.25, 0.3) is 5.56 Å². The molecule has 0 unspecified atom stereocenters. The summed E-state index contributed by atoms with van der Waals surface area (Å²) in [6.07, 6.45) is 1.36. The summed E-state index contributed by atoms with van der Waals surface area (Å²) in [5, 5.41) is 11.2. The fourth-order valence-corrected chi connectivity index (χ4v) is 4.17. The summed E-state index contributed by atoms with van der Waals surface area (Å²) in [6, 6.07) is 8.87. The molecule has 2 aromatic heterocycles. The highest BCUT2D eigenvalue weighted by molar-refractivity contribution is 5.70. The summed E-state index contributed by atoms with van der Waals surface area (Å²) < 4.78 is 9.32. The van der Waals surface area contributed by atoms with Crippen LogP contribution >= 0.6 is 0 Å². The first kappa shape index (κ1) is 20.9. The van der Waals surface area contributed by atoms with Crippen LogP contribution in [-0.2, 0) is 25.4 Å². The zero-order valence-corrected chi connectivity index (χ0v) is 17.7. The highest BCUT2D eigenvalue weighted by Crippen LogP contribution is 2.33. The molecule has 0 bridgehead atoms. The molecule has 2 atom stereocenters. The van der Waals surface area contributed by atoms with Crippen LogP contribution in [0.15, 0.2) is 46.2 Å². The van der Waals surface area contributed by atoms with Crippen LogP contribution in [0, 0.1) is 0 Å². The normalized spacial score (nSPS) is 21.4. The smallest absolute Gasteiger partial charge is 0.410 e. The van der Waals surface area contributed by atoms with Gasteiger partial charge in [-0.1, -0.05) is 30.3 Å². The van der Waals surface area contributed by atoms with Crippen LogP contribution in [0.5, 0.6) is 0 Å². The minimum absolute atomic E-state index is 0.0387. The number of carbonyl (C=O) groups is 1. The van der Waals surface area contributed by atoms with Crippen molar-refractivity contribution in [3.8, 4) is 0 Å². The van der Waals surface area contributed by atoms with Gasteiger partial charge in [-0.05, 0) is 18.9 Å². The van der Waals surface area contributed by atoms with E-state index >= 15 is 0 Å². The molecular weight excluding hydrogens is 402 g/mol. The van der Waals surface area contributed by atoms with E-state index < -0.39 is 29.0 Å². The van der Waals surface area contributed by atoms with E-state index in [4.69, 9.17) is 4.74 Å². The quantitative estimate of drug-likeness (QED) is 0.661. The molecule has 3 aromatic rings. The molecule has 1 fully saturated rings. The van der Waals surface area contributed by atoms with Crippen LogP contribution in [0.4, 0.5) is 4.79 Å². The third-order valence-corrected chi connectivity index (χ3v) is 5.87. The molecule has 10 nitrogen and oxygen atoms in total.